The lowest BCUT2D eigenvalue weighted by atomic mass is 9.90. The van der Waals surface area contributed by atoms with Crippen LogP contribution in [-0.2, 0) is 17.6 Å². The topological polar surface area (TPSA) is 38.3 Å². The van der Waals surface area contributed by atoms with Gasteiger partial charge in [-0.1, -0.05) is 18.2 Å². The Kier molecular flexibility index (Phi) is 3.83. The van der Waals surface area contributed by atoms with E-state index in [2.05, 4.69) is 23.5 Å². The highest BCUT2D eigenvalue weighted by molar-refractivity contribution is 5.81. The summed E-state index contributed by atoms with van der Waals surface area (Å²) in [6.07, 6.45) is 4.49. The van der Waals surface area contributed by atoms with Gasteiger partial charge in [-0.3, -0.25) is 4.79 Å². The van der Waals surface area contributed by atoms with Crippen molar-refractivity contribution in [3.8, 4) is 5.75 Å². The van der Waals surface area contributed by atoms with Gasteiger partial charge in [0, 0.05) is 18.8 Å². The third-order valence-corrected chi connectivity index (χ3v) is 4.23. The fourth-order valence-corrected chi connectivity index (χ4v) is 3.09. The van der Waals surface area contributed by atoms with Gasteiger partial charge in [-0.05, 0) is 43.5 Å². The number of ketones is 1. The van der Waals surface area contributed by atoms with Crippen molar-refractivity contribution in [2.45, 2.75) is 32.1 Å². The minimum absolute atomic E-state index is 0.277. The lowest BCUT2D eigenvalue weighted by Crippen LogP contribution is -2.31. The van der Waals surface area contributed by atoms with E-state index in [4.69, 9.17) is 4.74 Å². The Bertz CT molecular complexity index is 464. The van der Waals surface area contributed by atoms with Crippen molar-refractivity contribution in [1.29, 1.82) is 0 Å². The van der Waals surface area contributed by atoms with Gasteiger partial charge in [0.25, 0.3) is 0 Å². The van der Waals surface area contributed by atoms with Crippen LogP contribution in [0.25, 0.3) is 0 Å². The fourth-order valence-electron chi connectivity index (χ4n) is 3.09. The maximum absolute atomic E-state index is 12.2. The molecule has 0 atom stereocenters. The normalized spacial score (nSPS) is 18.9. The highest BCUT2D eigenvalue weighted by Gasteiger charge is 2.22. The quantitative estimate of drug-likeness (QED) is 0.900. The minimum atomic E-state index is 0.277. The van der Waals surface area contributed by atoms with E-state index in [1.807, 2.05) is 0 Å². The summed E-state index contributed by atoms with van der Waals surface area (Å²) in [6.45, 7) is 2.76. The van der Waals surface area contributed by atoms with E-state index in [0.717, 1.165) is 51.1 Å². The van der Waals surface area contributed by atoms with E-state index in [1.165, 1.54) is 11.1 Å². The molecule has 2 aliphatic rings. The summed E-state index contributed by atoms with van der Waals surface area (Å²) in [6, 6.07) is 6.30. The zero-order valence-electron chi connectivity index (χ0n) is 11.3. The highest BCUT2D eigenvalue weighted by atomic mass is 16.5. The lowest BCUT2D eigenvalue weighted by Gasteiger charge is -2.21. The van der Waals surface area contributed by atoms with Crippen molar-refractivity contribution < 1.29 is 9.53 Å². The molecule has 102 valence electrons. The number of carbonyl (C=O) groups excluding carboxylic acids is 1. The molecule has 2 aliphatic heterocycles. The number of piperidine rings is 1. The largest absolute Gasteiger partial charge is 0.493 e. The number of nitrogens with one attached hydrogen (secondary N) is 1. The fraction of sp³-hybridized carbons (Fsp3) is 0.562. The second-order valence-corrected chi connectivity index (χ2v) is 5.49. The van der Waals surface area contributed by atoms with E-state index < -0.39 is 0 Å². The van der Waals surface area contributed by atoms with Crippen LogP contribution in [0.1, 0.15) is 30.4 Å². The van der Waals surface area contributed by atoms with E-state index in [0.29, 0.717) is 12.2 Å². The van der Waals surface area contributed by atoms with Crippen LogP contribution < -0.4 is 10.1 Å². The number of aryl methyl sites for hydroxylation is 1. The number of rotatable bonds is 4. The Morgan fingerprint density at radius 3 is 3.00 bits per heavy atom. The molecule has 3 nitrogen and oxygen atoms in total. The molecule has 1 aromatic carbocycles. The second kappa shape index (κ2) is 5.74. The maximum atomic E-state index is 12.2. The van der Waals surface area contributed by atoms with Gasteiger partial charge >= 0.3 is 0 Å². The Morgan fingerprint density at radius 2 is 2.16 bits per heavy atom. The predicted molar refractivity (Wildman–Crippen MR) is 74.6 cm³/mol. The molecular weight excluding hydrogens is 238 g/mol. The molecule has 3 rings (SSSR count). The van der Waals surface area contributed by atoms with Crippen molar-refractivity contribution in [2.24, 2.45) is 5.92 Å². The Hall–Kier alpha value is -1.35. The predicted octanol–water partition coefficient (Wildman–Crippen LogP) is 2.12. The molecule has 0 amide bonds. The Labute approximate surface area is 114 Å². The molecule has 1 N–H and O–H groups in total. The van der Waals surface area contributed by atoms with Gasteiger partial charge in [-0.2, -0.15) is 0 Å². The molecule has 1 aromatic rings. The number of hydrogen-bond acceptors (Lipinski definition) is 3. The summed E-state index contributed by atoms with van der Waals surface area (Å²) in [5.74, 6) is 1.75. The second-order valence-electron chi connectivity index (χ2n) is 5.49. The van der Waals surface area contributed by atoms with Gasteiger partial charge in [0.2, 0.25) is 0 Å². The first-order valence-corrected chi connectivity index (χ1v) is 7.31. The van der Waals surface area contributed by atoms with Crippen molar-refractivity contribution in [3.63, 3.8) is 0 Å². The third-order valence-electron chi connectivity index (χ3n) is 4.23. The maximum Gasteiger partial charge on any atom is 0.136 e. The standard InChI is InChI=1S/C16H21NO2/c18-15(12-6-9-17-10-7-12)5-4-13-2-1-3-14-8-11-19-16(13)14/h1-3,12,17H,4-11H2. The molecule has 19 heavy (non-hydrogen) atoms. The van der Waals surface area contributed by atoms with Crippen molar-refractivity contribution >= 4 is 5.78 Å². The molecule has 3 heteroatoms. The average Bonchev–Trinajstić information content (AvgIpc) is 2.94. The van der Waals surface area contributed by atoms with Gasteiger partial charge in [-0.25, -0.2) is 0 Å². The van der Waals surface area contributed by atoms with Gasteiger partial charge in [0.1, 0.15) is 11.5 Å². The third kappa shape index (κ3) is 2.81. The molecule has 0 radical (unpaired) electrons. The molecule has 2 heterocycles. The SMILES string of the molecule is O=C(CCc1cccc2c1OCC2)C1CCNCC1. The Morgan fingerprint density at radius 1 is 1.32 bits per heavy atom. The van der Waals surface area contributed by atoms with Gasteiger partial charge in [0.15, 0.2) is 0 Å². The zero-order chi connectivity index (χ0) is 13.1. The number of hydrogen-bond donors (Lipinski definition) is 1. The smallest absolute Gasteiger partial charge is 0.136 e. The van der Waals surface area contributed by atoms with E-state index in [-0.39, 0.29) is 5.92 Å². The molecule has 0 saturated carbocycles. The zero-order valence-corrected chi connectivity index (χ0v) is 11.3. The van der Waals surface area contributed by atoms with Crippen LogP contribution in [0.15, 0.2) is 18.2 Å². The first kappa shape index (κ1) is 12.7. The van der Waals surface area contributed by atoms with E-state index in [1.54, 1.807) is 0 Å². The van der Waals surface area contributed by atoms with Crippen LogP contribution in [0.3, 0.4) is 0 Å². The molecule has 1 fully saturated rings. The summed E-state index contributed by atoms with van der Waals surface area (Å²) < 4.78 is 5.69. The molecular formula is C16H21NO2. The molecule has 0 spiro atoms. The Balaban J connectivity index is 1.60. The van der Waals surface area contributed by atoms with Crippen molar-refractivity contribution in [3.05, 3.63) is 29.3 Å². The summed E-state index contributed by atoms with van der Waals surface area (Å²) in [7, 11) is 0. The molecule has 1 saturated heterocycles. The summed E-state index contributed by atoms with van der Waals surface area (Å²) in [5, 5.41) is 3.31. The van der Waals surface area contributed by atoms with Crippen LogP contribution in [0.4, 0.5) is 0 Å². The van der Waals surface area contributed by atoms with Gasteiger partial charge < -0.3 is 10.1 Å². The van der Waals surface area contributed by atoms with Crippen LogP contribution in [0.2, 0.25) is 0 Å². The summed E-state index contributed by atoms with van der Waals surface area (Å²) in [4.78, 5) is 12.2. The monoisotopic (exact) mass is 259 g/mol. The van der Waals surface area contributed by atoms with Crippen LogP contribution in [0.5, 0.6) is 5.75 Å². The lowest BCUT2D eigenvalue weighted by molar-refractivity contribution is -0.123. The summed E-state index contributed by atoms with van der Waals surface area (Å²) >= 11 is 0. The van der Waals surface area contributed by atoms with E-state index >= 15 is 0 Å². The van der Waals surface area contributed by atoms with Crippen molar-refractivity contribution in [2.75, 3.05) is 19.7 Å². The molecule has 0 aromatic heterocycles. The number of para-hydroxylation sites is 1. The number of ether oxygens (including phenoxy) is 1. The number of fused-ring (bicyclic) bond motifs is 1. The summed E-state index contributed by atoms with van der Waals surface area (Å²) in [5.41, 5.74) is 2.50. The first-order valence-electron chi connectivity index (χ1n) is 7.31. The van der Waals surface area contributed by atoms with Crippen LogP contribution in [-0.4, -0.2) is 25.5 Å². The first-order chi connectivity index (χ1) is 9.34. The van der Waals surface area contributed by atoms with Gasteiger partial charge in [0.05, 0.1) is 6.61 Å². The number of carbonyl (C=O) groups is 1. The molecule has 0 aliphatic carbocycles. The average molecular weight is 259 g/mol. The minimum Gasteiger partial charge on any atom is -0.493 e. The molecule has 0 unspecified atom stereocenters. The van der Waals surface area contributed by atoms with Crippen molar-refractivity contribution in [1.82, 2.24) is 5.32 Å². The highest BCUT2D eigenvalue weighted by Crippen LogP contribution is 2.30. The van der Waals surface area contributed by atoms with Gasteiger partial charge in [-0.15, -0.1) is 0 Å². The van der Waals surface area contributed by atoms with Crippen LogP contribution in [0, 0.1) is 5.92 Å². The molecule has 0 bridgehead atoms. The number of Topliss-reactive ketones (excluding diaryl/α,β-unsaturated/α-hetero) is 1. The van der Waals surface area contributed by atoms with E-state index in [9.17, 15) is 4.79 Å². The van der Waals surface area contributed by atoms with Crippen LogP contribution >= 0.6 is 0 Å². The number of benzene rings is 1.